The molecular weight excluding hydrogens is 504 g/mol. The molecule has 1 N–H and O–H groups in total. The van der Waals surface area contributed by atoms with E-state index >= 15 is 0 Å². The first-order valence-corrected chi connectivity index (χ1v) is 13.8. The molecule has 10 nitrogen and oxygen atoms in total. The molecule has 1 heterocycles. The lowest BCUT2D eigenvalue weighted by Crippen LogP contribution is -2.29. The second-order valence-electron chi connectivity index (χ2n) is 9.94. The number of nitrogens with one attached hydrogen (secondary N) is 1. The normalized spacial score (nSPS) is 15.2. The van der Waals surface area contributed by atoms with Crippen molar-refractivity contribution in [3.05, 3.63) is 62.9 Å². The number of carbonyl (C=O) groups excluding carboxylic acids is 2. The SMILES string of the molecule is CCCCCCCCCCCOC(=O)OC1=C(C)NC(C)=C(OC(=O)OC(C)C)C1c1cccc([N+](=O)[O-])c1. The second-order valence-corrected chi connectivity index (χ2v) is 9.94. The lowest BCUT2D eigenvalue weighted by Gasteiger charge is -2.30. The highest BCUT2D eigenvalue weighted by Gasteiger charge is 2.36. The van der Waals surface area contributed by atoms with Gasteiger partial charge in [0.1, 0.15) is 17.4 Å². The molecule has 0 bridgehead atoms. The van der Waals surface area contributed by atoms with Crippen LogP contribution in [0.1, 0.15) is 104 Å². The summed E-state index contributed by atoms with van der Waals surface area (Å²) in [5.74, 6) is -0.704. The van der Waals surface area contributed by atoms with Gasteiger partial charge in [0.05, 0.1) is 29.0 Å². The number of rotatable bonds is 15. The van der Waals surface area contributed by atoms with Crippen LogP contribution in [0.2, 0.25) is 0 Å². The molecule has 1 aromatic rings. The standard InChI is InChI=1S/C29H42N2O8/c1-6-7-8-9-10-11-12-13-14-18-36-28(32)38-26-21(4)30-22(5)27(39-29(33)37-20(2)3)25(26)23-16-15-17-24(19-23)31(34)35/h15-17,19-20,25,30H,6-14,18H2,1-5H3. The third kappa shape index (κ3) is 10.6. The summed E-state index contributed by atoms with van der Waals surface area (Å²) in [5, 5.41) is 14.5. The Morgan fingerprint density at radius 3 is 2.05 bits per heavy atom. The summed E-state index contributed by atoms with van der Waals surface area (Å²) >= 11 is 0. The highest BCUT2D eigenvalue weighted by molar-refractivity contribution is 5.65. The summed E-state index contributed by atoms with van der Waals surface area (Å²) in [7, 11) is 0. The molecule has 39 heavy (non-hydrogen) atoms. The van der Waals surface area contributed by atoms with Gasteiger partial charge in [-0.25, -0.2) is 9.59 Å². The number of ether oxygens (including phenoxy) is 4. The third-order valence-corrected chi connectivity index (χ3v) is 6.24. The molecule has 1 atom stereocenters. The molecule has 0 saturated carbocycles. The molecular formula is C29H42N2O8. The van der Waals surface area contributed by atoms with Gasteiger partial charge in [-0.15, -0.1) is 0 Å². The van der Waals surface area contributed by atoms with Gasteiger partial charge in [-0.1, -0.05) is 70.4 Å². The largest absolute Gasteiger partial charge is 0.513 e. The van der Waals surface area contributed by atoms with E-state index in [0.29, 0.717) is 17.0 Å². The molecule has 2 rings (SSSR count). The monoisotopic (exact) mass is 546 g/mol. The highest BCUT2D eigenvalue weighted by atomic mass is 16.7. The lowest BCUT2D eigenvalue weighted by molar-refractivity contribution is -0.384. The minimum Gasteiger partial charge on any atom is -0.434 e. The Bertz CT molecular complexity index is 1050. The van der Waals surface area contributed by atoms with Crippen LogP contribution in [0.3, 0.4) is 0 Å². The summed E-state index contributed by atoms with van der Waals surface area (Å²) in [6.45, 7) is 9.17. The van der Waals surface area contributed by atoms with Crippen molar-refractivity contribution < 1.29 is 33.5 Å². The first-order chi connectivity index (χ1) is 18.6. The van der Waals surface area contributed by atoms with Crippen LogP contribution >= 0.6 is 0 Å². The minimum atomic E-state index is -0.941. The number of hydrogen-bond acceptors (Lipinski definition) is 9. The van der Waals surface area contributed by atoms with Crippen LogP contribution in [0.25, 0.3) is 0 Å². The molecule has 1 aromatic carbocycles. The van der Waals surface area contributed by atoms with E-state index in [0.717, 1.165) is 19.3 Å². The van der Waals surface area contributed by atoms with E-state index in [-0.39, 0.29) is 23.8 Å². The third-order valence-electron chi connectivity index (χ3n) is 6.24. The van der Waals surface area contributed by atoms with Gasteiger partial charge in [0.25, 0.3) is 5.69 Å². The van der Waals surface area contributed by atoms with Gasteiger partial charge < -0.3 is 24.3 Å². The molecule has 0 radical (unpaired) electrons. The molecule has 0 aromatic heterocycles. The molecule has 0 spiro atoms. The zero-order valence-electron chi connectivity index (χ0n) is 23.7. The van der Waals surface area contributed by atoms with Crippen LogP contribution in [0, 0.1) is 10.1 Å². The zero-order chi connectivity index (χ0) is 28.8. The quantitative estimate of drug-likeness (QED) is 0.101. The van der Waals surface area contributed by atoms with Crippen molar-refractivity contribution in [2.24, 2.45) is 0 Å². The van der Waals surface area contributed by atoms with E-state index in [2.05, 4.69) is 12.2 Å². The second kappa shape index (κ2) is 16.4. The molecule has 216 valence electrons. The maximum absolute atomic E-state index is 12.6. The molecule has 0 amide bonds. The van der Waals surface area contributed by atoms with Crippen molar-refractivity contribution in [3.8, 4) is 0 Å². The van der Waals surface area contributed by atoms with Gasteiger partial charge in [0.15, 0.2) is 0 Å². The van der Waals surface area contributed by atoms with E-state index in [1.54, 1.807) is 33.8 Å². The number of dihydropyridines is 1. The van der Waals surface area contributed by atoms with Crippen LogP contribution in [0.5, 0.6) is 0 Å². The van der Waals surface area contributed by atoms with Crippen molar-refractivity contribution in [3.63, 3.8) is 0 Å². The summed E-state index contributed by atoms with van der Waals surface area (Å²) in [6.07, 6.45) is 7.98. The summed E-state index contributed by atoms with van der Waals surface area (Å²) in [4.78, 5) is 35.9. The minimum absolute atomic E-state index is 0.105. The molecule has 1 aliphatic rings. The smallest absolute Gasteiger partial charge is 0.434 e. The summed E-state index contributed by atoms with van der Waals surface area (Å²) in [6, 6.07) is 5.86. The lowest BCUT2D eigenvalue weighted by atomic mass is 9.90. The van der Waals surface area contributed by atoms with Crippen LogP contribution in [-0.4, -0.2) is 29.9 Å². The Hall–Kier alpha value is -3.56. The van der Waals surface area contributed by atoms with Crippen LogP contribution in [0.15, 0.2) is 47.2 Å². The number of nitro benzene ring substituents is 1. The van der Waals surface area contributed by atoms with Crippen molar-refractivity contribution >= 4 is 18.0 Å². The first kappa shape index (κ1) is 31.7. The summed E-state index contributed by atoms with van der Waals surface area (Å²) < 4.78 is 21.6. The highest BCUT2D eigenvalue weighted by Crippen LogP contribution is 2.40. The maximum Gasteiger partial charge on any atom is 0.513 e. The van der Waals surface area contributed by atoms with Crippen molar-refractivity contribution in [1.82, 2.24) is 5.32 Å². The van der Waals surface area contributed by atoms with E-state index in [4.69, 9.17) is 18.9 Å². The molecule has 10 heteroatoms. The molecule has 0 saturated heterocycles. The Morgan fingerprint density at radius 1 is 0.923 bits per heavy atom. The number of nitro groups is 1. The fraction of sp³-hybridized carbons (Fsp3) is 0.586. The van der Waals surface area contributed by atoms with Crippen molar-refractivity contribution in [1.29, 1.82) is 0 Å². The number of benzene rings is 1. The van der Waals surface area contributed by atoms with Gasteiger partial charge in [-0.3, -0.25) is 10.1 Å². The predicted octanol–water partition coefficient (Wildman–Crippen LogP) is 7.99. The van der Waals surface area contributed by atoms with E-state index in [1.165, 1.54) is 56.7 Å². The topological polar surface area (TPSA) is 126 Å². The fourth-order valence-corrected chi connectivity index (χ4v) is 4.34. The average Bonchev–Trinajstić information content (AvgIpc) is 2.87. The Labute approximate surface area is 230 Å². The maximum atomic E-state index is 12.6. The average molecular weight is 547 g/mol. The number of nitrogens with zero attached hydrogens (tertiary/aromatic N) is 1. The van der Waals surface area contributed by atoms with E-state index < -0.39 is 29.3 Å². The predicted molar refractivity (Wildman–Crippen MR) is 147 cm³/mol. The van der Waals surface area contributed by atoms with Gasteiger partial charge >= 0.3 is 12.3 Å². The van der Waals surface area contributed by atoms with E-state index in [1.807, 2.05) is 0 Å². The van der Waals surface area contributed by atoms with Crippen LogP contribution in [-0.2, 0) is 18.9 Å². The van der Waals surface area contributed by atoms with Gasteiger partial charge in [0.2, 0.25) is 0 Å². The van der Waals surface area contributed by atoms with E-state index in [9.17, 15) is 19.7 Å². The van der Waals surface area contributed by atoms with Gasteiger partial charge in [0, 0.05) is 12.1 Å². The van der Waals surface area contributed by atoms with Crippen LogP contribution < -0.4 is 5.32 Å². The number of non-ortho nitro benzene ring substituents is 1. The number of unbranched alkanes of at least 4 members (excludes halogenated alkanes) is 8. The van der Waals surface area contributed by atoms with Gasteiger partial charge in [-0.2, -0.15) is 0 Å². The van der Waals surface area contributed by atoms with Crippen LogP contribution in [0.4, 0.5) is 15.3 Å². The Morgan fingerprint density at radius 2 is 1.49 bits per heavy atom. The number of carbonyl (C=O) groups is 2. The molecule has 1 unspecified atom stereocenters. The Balaban J connectivity index is 2.09. The fourth-order valence-electron chi connectivity index (χ4n) is 4.34. The molecule has 0 fully saturated rings. The van der Waals surface area contributed by atoms with Crippen molar-refractivity contribution in [2.45, 2.75) is 104 Å². The zero-order valence-corrected chi connectivity index (χ0v) is 23.7. The first-order valence-electron chi connectivity index (χ1n) is 13.8. The van der Waals surface area contributed by atoms with Gasteiger partial charge in [-0.05, 0) is 39.7 Å². The molecule has 1 aliphatic heterocycles. The Kier molecular flexibility index (Phi) is 13.3. The van der Waals surface area contributed by atoms with Crippen molar-refractivity contribution in [2.75, 3.05) is 6.61 Å². The summed E-state index contributed by atoms with van der Waals surface area (Å²) in [5.41, 5.74) is 1.20. The molecule has 0 aliphatic carbocycles. The number of allylic oxidation sites excluding steroid dienone is 2. The number of hydrogen-bond donors (Lipinski definition) is 1.